The maximum Gasteiger partial charge on any atom is 0.422 e. The monoisotopic (exact) mass is 403 g/mol. The molecule has 10 heteroatoms. The van der Waals surface area contributed by atoms with Crippen LogP contribution < -0.4 is 9.46 Å². The van der Waals surface area contributed by atoms with Crippen molar-refractivity contribution in [3.05, 3.63) is 53.1 Å². The number of aryl methyl sites for hydroxylation is 1. The number of carboxylic acids is 1. The van der Waals surface area contributed by atoms with Gasteiger partial charge in [0, 0.05) is 5.69 Å². The van der Waals surface area contributed by atoms with Gasteiger partial charge in [0.1, 0.15) is 5.75 Å². The molecule has 27 heavy (non-hydrogen) atoms. The highest BCUT2D eigenvalue weighted by Crippen LogP contribution is 2.25. The zero-order valence-electron chi connectivity index (χ0n) is 14.3. The zero-order valence-corrected chi connectivity index (χ0v) is 15.1. The standard InChI is InChI=1S/C17H16F3NO5S/c1-10-7-12(16(22)23)8-15(11(10)2)27(24,25)21-13-3-5-14(6-4-13)26-9-17(18,19)20/h3-8,21H,9H2,1-2H3,(H,22,23). The molecule has 2 aromatic rings. The second-order valence-corrected chi connectivity index (χ2v) is 7.41. The fraction of sp³-hybridized carbons (Fsp3) is 0.235. The first-order valence-corrected chi connectivity index (χ1v) is 9.04. The fourth-order valence-corrected chi connectivity index (χ4v) is 3.63. The van der Waals surface area contributed by atoms with Crippen molar-refractivity contribution in [3.63, 3.8) is 0 Å². The van der Waals surface area contributed by atoms with Crippen LogP contribution in [0.1, 0.15) is 21.5 Å². The number of benzene rings is 2. The van der Waals surface area contributed by atoms with E-state index >= 15 is 0 Å². The number of hydrogen-bond acceptors (Lipinski definition) is 4. The number of hydrogen-bond donors (Lipinski definition) is 2. The summed E-state index contributed by atoms with van der Waals surface area (Å²) in [6.07, 6.45) is -4.48. The predicted molar refractivity (Wildman–Crippen MR) is 91.7 cm³/mol. The van der Waals surface area contributed by atoms with Crippen LogP contribution in [0, 0.1) is 13.8 Å². The maximum atomic E-state index is 12.6. The Morgan fingerprint density at radius 2 is 1.74 bits per heavy atom. The van der Waals surface area contributed by atoms with Crippen LogP contribution in [0.5, 0.6) is 5.75 Å². The number of ether oxygens (including phenoxy) is 1. The summed E-state index contributed by atoms with van der Waals surface area (Å²) in [5.41, 5.74) is 0.797. The van der Waals surface area contributed by atoms with Crippen molar-refractivity contribution >= 4 is 21.7 Å². The van der Waals surface area contributed by atoms with Crippen molar-refractivity contribution < 1.29 is 36.2 Å². The third kappa shape index (κ3) is 5.36. The number of alkyl halides is 3. The van der Waals surface area contributed by atoms with Gasteiger partial charge in [-0.15, -0.1) is 0 Å². The van der Waals surface area contributed by atoms with Gasteiger partial charge in [-0.3, -0.25) is 4.72 Å². The molecule has 0 amide bonds. The number of rotatable bonds is 6. The quantitative estimate of drug-likeness (QED) is 0.767. The highest BCUT2D eigenvalue weighted by Gasteiger charge is 2.28. The van der Waals surface area contributed by atoms with Crippen LogP contribution in [0.25, 0.3) is 0 Å². The lowest BCUT2D eigenvalue weighted by Gasteiger charge is -2.14. The van der Waals surface area contributed by atoms with Crippen LogP contribution in [0.3, 0.4) is 0 Å². The van der Waals surface area contributed by atoms with Crippen LogP contribution in [-0.4, -0.2) is 32.3 Å². The average molecular weight is 403 g/mol. The summed E-state index contributed by atoms with van der Waals surface area (Å²) >= 11 is 0. The molecular weight excluding hydrogens is 387 g/mol. The van der Waals surface area contributed by atoms with E-state index in [0.29, 0.717) is 11.1 Å². The molecular formula is C17H16F3NO5S. The summed E-state index contributed by atoms with van der Waals surface area (Å²) in [6, 6.07) is 7.28. The Labute approximate surface area is 153 Å². The molecule has 0 unspecified atom stereocenters. The first-order valence-electron chi connectivity index (χ1n) is 7.56. The topological polar surface area (TPSA) is 92.7 Å². The summed E-state index contributed by atoms with van der Waals surface area (Å²) in [4.78, 5) is 11.0. The molecule has 0 fully saturated rings. The van der Waals surface area contributed by atoms with Gasteiger partial charge < -0.3 is 9.84 Å². The second-order valence-electron chi connectivity index (χ2n) is 5.76. The Hall–Kier alpha value is -2.75. The molecule has 146 valence electrons. The molecule has 0 bridgehead atoms. The normalized spacial score (nSPS) is 11.9. The number of nitrogens with one attached hydrogen (secondary N) is 1. The number of halogens is 3. The van der Waals surface area contributed by atoms with Gasteiger partial charge in [0.25, 0.3) is 10.0 Å². The molecule has 0 heterocycles. The Morgan fingerprint density at radius 3 is 2.26 bits per heavy atom. The van der Waals surface area contributed by atoms with Crippen molar-refractivity contribution in [1.82, 2.24) is 0 Å². The van der Waals surface area contributed by atoms with E-state index < -0.39 is 28.8 Å². The maximum absolute atomic E-state index is 12.6. The molecule has 0 spiro atoms. The summed E-state index contributed by atoms with van der Waals surface area (Å²) in [5, 5.41) is 9.11. The minimum absolute atomic E-state index is 0.0739. The van der Waals surface area contributed by atoms with Crippen LogP contribution >= 0.6 is 0 Å². The van der Waals surface area contributed by atoms with Crippen molar-refractivity contribution in [1.29, 1.82) is 0 Å². The van der Waals surface area contributed by atoms with Gasteiger partial charge in [-0.2, -0.15) is 13.2 Å². The molecule has 0 aliphatic rings. The summed E-state index contributed by atoms with van der Waals surface area (Å²) in [6.45, 7) is 1.68. The number of anilines is 1. The van der Waals surface area contributed by atoms with Crippen LogP contribution in [0.4, 0.5) is 18.9 Å². The van der Waals surface area contributed by atoms with E-state index in [0.717, 1.165) is 6.07 Å². The minimum Gasteiger partial charge on any atom is -0.484 e. The van der Waals surface area contributed by atoms with Crippen LogP contribution in [-0.2, 0) is 10.0 Å². The van der Waals surface area contributed by atoms with Crippen LogP contribution in [0.15, 0.2) is 41.3 Å². The summed E-state index contributed by atoms with van der Waals surface area (Å²) in [5.74, 6) is -1.34. The second kappa shape index (κ2) is 7.47. The molecule has 0 radical (unpaired) electrons. The van der Waals surface area contributed by atoms with Crippen LogP contribution in [0.2, 0.25) is 0 Å². The van der Waals surface area contributed by atoms with Crippen molar-refractivity contribution in [3.8, 4) is 5.75 Å². The molecule has 0 aliphatic heterocycles. The lowest BCUT2D eigenvalue weighted by molar-refractivity contribution is -0.153. The Kier molecular flexibility index (Phi) is 5.69. The molecule has 6 nitrogen and oxygen atoms in total. The first-order chi connectivity index (χ1) is 12.4. The van der Waals surface area contributed by atoms with Gasteiger partial charge in [-0.1, -0.05) is 0 Å². The number of aromatic carboxylic acids is 1. The van der Waals surface area contributed by atoms with Gasteiger partial charge in [-0.05, 0) is 61.4 Å². The van der Waals surface area contributed by atoms with Gasteiger partial charge in [0.15, 0.2) is 6.61 Å². The van der Waals surface area contributed by atoms with Crippen molar-refractivity contribution in [2.75, 3.05) is 11.3 Å². The lowest BCUT2D eigenvalue weighted by Crippen LogP contribution is -2.19. The van der Waals surface area contributed by atoms with E-state index in [-0.39, 0.29) is 21.9 Å². The average Bonchev–Trinajstić information content (AvgIpc) is 2.55. The Morgan fingerprint density at radius 1 is 1.15 bits per heavy atom. The van der Waals surface area contributed by atoms with E-state index in [9.17, 15) is 26.4 Å². The number of carbonyl (C=O) groups is 1. The smallest absolute Gasteiger partial charge is 0.422 e. The SMILES string of the molecule is Cc1cc(C(=O)O)cc(S(=O)(=O)Nc2ccc(OCC(F)(F)F)cc2)c1C. The number of sulfonamides is 1. The van der Waals surface area contributed by atoms with E-state index in [1.165, 1.54) is 30.3 Å². The van der Waals surface area contributed by atoms with Gasteiger partial charge >= 0.3 is 12.1 Å². The van der Waals surface area contributed by atoms with Gasteiger partial charge in [-0.25, -0.2) is 13.2 Å². The molecule has 2 aromatic carbocycles. The number of carboxylic acid groups (broad SMARTS) is 1. The summed E-state index contributed by atoms with van der Waals surface area (Å²) in [7, 11) is -4.11. The third-order valence-corrected chi connectivity index (χ3v) is 5.17. The van der Waals surface area contributed by atoms with E-state index in [1.807, 2.05) is 0 Å². The Bertz CT molecular complexity index is 954. The van der Waals surface area contributed by atoms with E-state index in [1.54, 1.807) is 13.8 Å². The largest absolute Gasteiger partial charge is 0.484 e. The van der Waals surface area contributed by atoms with E-state index in [4.69, 9.17) is 5.11 Å². The fourth-order valence-electron chi connectivity index (χ4n) is 2.22. The summed E-state index contributed by atoms with van der Waals surface area (Å²) < 4.78 is 68.4. The molecule has 0 atom stereocenters. The van der Waals surface area contributed by atoms with Gasteiger partial charge in [0.05, 0.1) is 10.5 Å². The third-order valence-electron chi connectivity index (χ3n) is 3.67. The molecule has 2 N–H and O–H groups in total. The molecule has 0 saturated heterocycles. The lowest BCUT2D eigenvalue weighted by atomic mass is 10.1. The van der Waals surface area contributed by atoms with Crippen molar-refractivity contribution in [2.45, 2.75) is 24.9 Å². The van der Waals surface area contributed by atoms with E-state index in [2.05, 4.69) is 9.46 Å². The Balaban J connectivity index is 2.25. The zero-order chi connectivity index (χ0) is 20.4. The minimum atomic E-state index is -4.48. The first kappa shape index (κ1) is 20.6. The molecule has 0 aromatic heterocycles. The van der Waals surface area contributed by atoms with Crippen molar-refractivity contribution in [2.24, 2.45) is 0 Å². The highest BCUT2D eigenvalue weighted by molar-refractivity contribution is 7.92. The molecule has 2 rings (SSSR count). The highest BCUT2D eigenvalue weighted by atomic mass is 32.2. The van der Waals surface area contributed by atoms with Gasteiger partial charge in [0.2, 0.25) is 0 Å². The molecule has 0 saturated carbocycles. The predicted octanol–water partition coefficient (Wildman–Crippen LogP) is 3.74. The molecule has 0 aliphatic carbocycles.